The van der Waals surface area contributed by atoms with Gasteiger partial charge in [-0.25, -0.2) is 14.4 Å². The first kappa shape index (κ1) is 41.4. The second-order valence-corrected chi connectivity index (χ2v) is 19.0. The average molecular weight is 785 g/mol. The van der Waals surface area contributed by atoms with Gasteiger partial charge in [0.1, 0.15) is 18.0 Å². The van der Waals surface area contributed by atoms with Crippen LogP contribution in [0, 0.1) is 39.4 Å². The summed E-state index contributed by atoms with van der Waals surface area (Å²) in [5, 5.41) is 0. The van der Waals surface area contributed by atoms with Crippen molar-refractivity contribution in [2.45, 2.75) is 118 Å². The summed E-state index contributed by atoms with van der Waals surface area (Å²) < 4.78 is 19.2. The molecule has 0 bridgehead atoms. The maximum absolute atomic E-state index is 14.0. The van der Waals surface area contributed by atoms with Gasteiger partial charge >= 0.3 is 17.9 Å². The Bertz CT molecular complexity index is 2090. The standard InChI is InChI=1S/C51H60O7/c1-32(2)43(58-47(55)36-22-16-11-17-23-36)39(56-45(53)34-18-12-9-13-19-34)30-33(3)37-24-28-50(7)38(37)31-40(57-46(54)35-20-14-10-15-21-35)44-49(6)27-26-42(52)48(4,5)41(49)25-29-51(44,50)8/h9-23,33,39-41,43-44H,1,24-31H2,2-8H3/t33-,39+,40+,41+,43+,44+,49+,50+,51+/m1/s1. The molecule has 0 aromatic heterocycles. The number of esters is 3. The van der Waals surface area contributed by atoms with Crippen molar-refractivity contribution < 1.29 is 33.4 Å². The molecule has 7 nitrogen and oxygen atoms in total. The number of carbonyl (C=O) groups is 4. The van der Waals surface area contributed by atoms with Gasteiger partial charge in [0.05, 0.1) is 16.7 Å². The number of rotatable bonds is 11. The summed E-state index contributed by atoms with van der Waals surface area (Å²) >= 11 is 0. The van der Waals surface area contributed by atoms with Gasteiger partial charge in [-0.1, -0.05) is 114 Å². The Morgan fingerprint density at radius 2 is 1.28 bits per heavy atom. The largest absolute Gasteiger partial charge is 0.458 e. The van der Waals surface area contributed by atoms with Crippen LogP contribution in [0.15, 0.2) is 114 Å². The van der Waals surface area contributed by atoms with Crippen molar-refractivity contribution in [3.8, 4) is 0 Å². The van der Waals surface area contributed by atoms with Crippen molar-refractivity contribution in [1.29, 1.82) is 0 Å². The molecule has 0 aliphatic heterocycles. The fourth-order valence-corrected chi connectivity index (χ4v) is 12.3. The Morgan fingerprint density at radius 1 is 0.741 bits per heavy atom. The molecule has 0 amide bonds. The number of hydrogen-bond donors (Lipinski definition) is 0. The number of allylic oxidation sites excluding steroid dienone is 1. The van der Waals surface area contributed by atoms with Crippen LogP contribution in [0.5, 0.6) is 0 Å². The minimum Gasteiger partial charge on any atom is -0.458 e. The molecule has 0 saturated heterocycles. The zero-order valence-electron chi connectivity index (χ0n) is 35.3. The van der Waals surface area contributed by atoms with Crippen LogP contribution in [0.25, 0.3) is 0 Å². The van der Waals surface area contributed by atoms with Gasteiger partial charge in [0.15, 0.2) is 6.10 Å². The van der Waals surface area contributed by atoms with Gasteiger partial charge in [0.2, 0.25) is 0 Å². The fraction of sp³-hybridized carbons (Fsp3) is 0.490. The van der Waals surface area contributed by atoms with Crippen LogP contribution in [-0.4, -0.2) is 42.0 Å². The Hall–Kier alpha value is -4.78. The SMILES string of the molecule is C=C(C)[C@H](OC(=O)c1ccccc1)[C@H](C[C@@H](C)C1=C2C[C@H](OC(=O)c3ccccc3)[C@H]3[C@@]4(C)CCC(=O)C(C)(C)[C@@H]4CC[C@]3(C)[C@@]2(C)CC1)OC(=O)c1ccccc1. The lowest BCUT2D eigenvalue weighted by Crippen LogP contribution is -2.66. The van der Waals surface area contributed by atoms with Crippen LogP contribution >= 0.6 is 0 Å². The number of ether oxygens (including phenoxy) is 3. The number of carbonyl (C=O) groups excluding carboxylic acids is 4. The lowest BCUT2D eigenvalue weighted by atomic mass is 9.36. The number of ketones is 1. The Labute approximate surface area is 344 Å². The number of benzene rings is 3. The molecule has 7 heteroatoms. The third-order valence-corrected chi connectivity index (χ3v) is 15.4. The zero-order chi connectivity index (χ0) is 41.6. The summed E-state index contributed by atoms with van der Waals surface area (Å²) in [6, 6.07) is 26.9. The highest BCUT2D eigenvalue weighted by atomic mass is 16.6. The van der Waals surface area contributed by atoms with E-state index < -0.39 is 29.6 Å². The first-order valence-electron chi connectivity index (χ1n) is 21.2. The topological polar surface area (TPSA) is 96.0 Å². The summed E-state index contributed by atoms with van der Waals surface area (Å²) in [5.74, 6) is -0.820. The summed E-state index contributed by atoms with van der Waals surface area (Å²) in [4.78, 5) is 54.7. The van der Waals surface area contributed by atoms with E-state index in [1.54, 1.807) is 55.5 Å². The lowest BCUT2D eigenvalue weighted by Gasteiger charge is -2.69. The van der Waals surface area contributed by atoms with Crippen molar-refractivity contribution in [2.75, 3.05) is 0 Å². The third kappa shape index (κ3) is 7.17. The van der Waals surface area contributed by atoms with Crippen LogP contribution in [0.1, 0.15) is 131 Å². The zero-order valence-corrected chi connectivity index (χ0v) is 35.3. The highest BCUT2D eigenvalue weighted by molar-refractivity contribution is 5.91. The van der Waals surface area contributed by atoms with Crippen molar-refractivity contribution in [3.63, 3.8) is 0 Å². The molecule has 0 heterocycles. The predicted molar refractivity (Wildman–Crippen MR) is 225 cm³/mol. The van der Waals surface area contributed by atoms with Crippen LogP contribution in [0.2, 0.25) is 0 Å². The van der Waals surface area contributed by atoms with E-state index in [9.17, 15) is 19.2 Å². The first-order valence-corrected chi connectivity index (χ1v) is 21.2. The highest BCUT2D eigenvalue weighted by Gasteiger charge is 2.70. The number of Topliss-reactive ketones (excluding diaryl/α,β-unsaturated/α-hetero) is 1. The van der Waals surface area contributed by atoms with E-state index in [1.165, 1.54) is 11.1 Å². The van der Waals surface area contributed by atoms with Gasteiger partial charge in [0, 0.05) is 24.2 Å². The minimum atomic E-state index is -0.887. The molecule has 0 radical (unpaired) electrons. The number of fused-ring (bicyclic) bond motifs is 5. The molecule has 9 atom stereocenters. The van der Waals surface area contributed by atoms with Gasteiger partial charge in [-0.2, -0.15) is 0 Å². The second kappa shape index (κ2) is 15.8. The monoisotopic (exact) mass is 784 g/mol. The fourth-order valence-electron chi connectivity index (χ4n) is 12.3. The van der Waals surface area contributed by atoms with Gasteiger partial charge in [0.25, 0.3) is 0 Å². The van der Waals surface area contributed by atoms with Crippen molar-refractivity contribution in [3.05, 3.63) is 131 Å². The molecule has 0 N–H and O–H groups in total. The van der Waals surface area contributed by atoms with E-state index in [-0.39, 0.29) is 46.1 Å². The molecule has 0 unspecified atom stereocenters. The Morgan fingerprint density at radius 3 is 1.83 bits per heavy atom. The van der Waals surface area contributed by atoms with E-state index in [0.29, 0.717) is 47.3 Å². The van der Waals surface area contributed by atoms with E-state index in [0.717, 1.165) is 32.1 Å². The summed E-state index contributed by atoms with van der Waals surface area (Å²) in [7, 11) is 0. The molecule has 3 fully saturated rings. The van der Waals surface area contributed by atoms with Crippen molar-refractivity contribution in [1.82, 2.24) is 0 Å². The molecule has 306 valence electrons. The van der Waals surface area contributed by atoms with Crippen LogP contribution < -0.4 is 0 Å². The van der Waals surface area contributed by atoms with Gasteiger partial charge in [-0.15, -0.1) is 0 Å². The molecule has 3 saturated carbocycles. The van der Waals surface area contributed by atoms with Crippen molar-refractivity contribution in [2.24, 2.45) is 39.4 Å². The summed E-state index contributed by atoms with van der Waals surface area (Å²) in [6.07, 6.45) is 3.93. The average Bonchev–Trinajstić information content (AvgIpc) is 3.56. The normalized spacial score (nSPS) is 30.1. The highest BCUT2D eigenvalue weighted by Crippen LogP contribution is 2.74. The second-order valence-electron chi connectivity index (χ2n) is 19.0. The van der Waals surface area contributed by atoms with Crippen LogP contribution in [0.3, 0.4) is 0 Å². The molecule has 58 heavy (non-hydrogen) atoms. The lowest BCUT2D eigenvalue weighted by molar-refractivity contribution is -0.208. The summed E-state index contributed by atoms with van der Waals surface area (Å²) in [5.41, 5.74) is 3.50. The van der Waals surface area contributed by atoms with E-state index >= 15 is 0 Å². The van der Waals surface area contributed by atoms with Gasteiger partial charge in [-0.3, -0.25) is 4.79 Å². The molecular weight excluding hydrogens is 725 g/mol. The van der Waals surface area contributed by atoms with Crippen molar-refractivity contribution >= 4 is 23.7 Å². The van der Waals surface area contributed by atoms with E-state index in [2.05, 4.69) is 48.1 Å². The third-order valence-electron chi connectivity index (χ3n) is 15.4. The minimum absolute atomic E-state index is 0.0481. The van der Waals surface area contributed by atoms with Gasteiger partial charge in [-0.05, 0) is 116 Å². The number of hydrogen-bond acceptors (Lipinski definition) is 7. The molecule has 4 aliphatic rings. The molecule has 3 aromatic carbocycles. The first-order chi connectivity index (χ1) is 27.5. The maximum Gasteiger partial charge on any atom is 0.338 e. The molecule has 3 aromatic rings. The predicted octanol–water partition coefficient (Wildman–Crippen LogP) is 11.2. The smallest absolute Gasteiger partial charge is 0.338 e. The van der Waals surface area contributed by atoms with E-state index in [4.69, 9.17) is 14.2 Å². The maximum atomic E-state index is 14.0. The molecule has 0 spiro atoms. The molecular formula is C51H60O7. The Balaban J connectivity index is 1.27. The Kier molecular flexibility index (Phi) is 11.2. The van der Waals surface area contributed by atoms with Crippen LogP contribution in [-0.2, 0) is 19.0 Å². The molecule has 7 rings (SSSR count). The van der Waals surface area contributed by atoms with E-state index in [1.807, 2.05) is 42.5 Å². The van der Waals surface area contributed by atoms with Gasteiger partial charge < -0.3 is 14.2 Å². The van der Waals surface area contributed by atoms with Crippen LogP contribution in [0.4, 0.5) is 0 Å². The summed E-state index contributed by atoms with van der Waals surface area (Å²) in [6.45, 7) is 19.7. The quantitative estimate of drug-likeness (QED) is 0.108. The molecule has 4 aliphatic carbocycles.